The van der Waals surface area contributed by atoms with Crippen molar-refractivity contribution in [1.82, 2.24) is 0 Å². The Hall–Kier alpha value is -0.770. The molecule has 0 aromatic carbocycles. The molecule has 0 saturated carbocycles. The lowest BCUT2D eigenvalue weighted by atomic mass is 10.00. The predicted octanol–water partition coefficient (Wildman–Crippen LogP) is 3.67. The van der Waals surface area contributed by atoms with E-state index in [2.05, 4.69) is 32.9 Å². The molecule has 0 radical (unpaired) electrons. The van der Waals surface area contributed by atoms with Crippen LogP contribution in [0.4, 0.5) is 0 Å². The minimum Gasteiger partial charge on any atom is -0.198 e. The summed E-state index contributed by atoms with van der Waals surface area (Å²) in [7, 11) is 0. The average molecular weight is 165 g/mol. The summed E-state index contributed by atoms with van der Waals surface area (Å²) in [5.74, 6) is 0.695. The van der Waals surface area contributed by atoms with Crippen molar-refractivity contribution in [2.45, 2.75) is 46.5 Å². The van der Waals surface area contributed by atoms with Gasteiger partial charge in [-0.1, -0.05) is 18.6 Å². The maximum absolute atomic E-state index is 8.37. The topological polar surface area (TPSA) is 23.8 Å². The number of rotatable bonds is 5. The van der Waals surface area contributed by atoms with Crippen LogP contribution in [0.25, 0.3) is 0 Å². The molecule has 1 nitrogen and oxygen atoms in total. The molecule has 0 amide bonds. The van der Waals surface area contributed by atoms with Crippen LogP contribution in [0.15, 0.2) is 11.6 Å². The fourth-order valence-corrected chi connectivity index (χ4v) is 1.11. The van der Waals surface area contributed by atoms with Crippen molar-refractivity contribution in [1.29, 1.82) is 5.26 Å². The van der Waals surface area contributed by atoms with Gasteiger partial charge in [-0.15, -0.1) is 0 Å². The summed E-state index contributed by atoms with van der Waals surface area (Å²) in [5, 5.41) is 8.37. The van der Waals surface area contributed by atoms with Crippen molar-refractivity contribution in [2.75, 3.05) is 0 Å². The predicted molar refractivity (Wildman–Crippen MR) is 52.7 cm³/mol. The molecule has 0 spiro atoms. The van der Waals surface area contributed by atoms with E-state index in [-0.39, 0.29) is 0 Å². The molecule has 0 aliphatic rings. The highest BCUT2D eigenvalue weighted by atomic mass is 14.2. The molecule has 0 unspecified atom stereocenters. The Labute approximate surface area is 76.1 Å². The molecule has 0 aromatic heterocycles. The van der Waals surface area contributed by atoms with Crippen LogP contribution in [0.5, 0.6) is 0 Å². The first-order valence-electron chi connectivity index (χ1n) is 4.67. The molecule has 0 heterocycles. The van der Waals surface area contributed by atoms with E-state index < -0.39 is 0 Å². The first-order valence-corrected chi connectivity index (χ1v) is 4.67. The summed E-state index contributed by atoms with van der Waals surface area (Å²) in [6.07, 6.45) is 6.40. The van der Waals surface area contributed by atoms with Gasteiger partial charge >= 0.3 is 0 Å². The Balaban J connectivity index is 3.39. The van der Waals surface area contributed by atoms with Crippen LogP contribution >= 0.6 is 0 Å². The number of hydrogen-bond acceptors (Lipinski definition) is 1. The van der Waals surface area contributed by atoms with Crippen molar-refractivity contribution < 1.29 is 0 Å². The van der Waals surface area contributed by atoms with Gasteiger partial charge in [0.15, 0.2) is 0 Å². The Bertz CT molecular complexity index is 170. The van der Waals surface area contributed by atoms with Gasteiger partial charge in [-0.2, -0.15) is 5.26 Å². The fourth-order valence-electron chi connectivity index (χ4n) is 1.11. The SMILES string of the molecule is CC(C)=CCC[C@@H](C)CCC#N. The average Bonchev–Trinajstić information content (AvgIpc) is 2.00. The van der Waals surface area contributed by atoms with E-state index >= 15 is 0 Å². The molecule has 0 rings (SSSR count). The largest absolute Gasteiger partial charge is 0.198 e. The van der Waals surface area contributed by atoms with Gasteiger partial charge in [0, 0.05) is 6.42 Å². The Morgan fingerprint density at radius 3 is 2.58 bits per heavy atom. The summed E-state index contributed by atoms with van der Waals surface area (Å²) in [5.41, 5.74) is 1.39. The summed E-state index contributed by atoms with van der Waals surface area (Å²) < 4.78 is 0. The second kappa shape index (κ2) is 6.91. The molecular weight excluding hydrogens is 146 g/mol. The highest BCUT2D eigenvalue weighted by Gasteiger charge is 1.99. The van der Waals surface area contributed by atoms with Crippen molar-refractivity contribution in [2.24, 2.45) is 5.92 Å². The number of nitrogens with zero attached hydrogens (tertiary/aromatic N) is 1. The molecule has 0 aromatic rings. The van der Waals surface area contributed by atoms with Gasteiger partial charge in [0.25, 0.3) is 0 Å². The van der Waals surface area contributed by atoms with E-state index in [1.165, 1.54) is 12.0 Å². The standard InChI is InChI=1S/C11H19N/c1-10(2)6-4-7-11(3)8-5-9-12/h6,11H,4-5,7-8H2,1-3H3/t11-/m1/s1. The molecular formula is C11H19N. The van der Waals surface area contributed by atoms with Gasteiger partial charge in [-0.05, 0) is 39.0 Å². The van der Waals surface area contributed by atoms with E-state index in [0.717, 1.165) is 12.8 Å². The fraction of sp³-hybridized carbons (Fsp3) is 0.727. The second-order valence-electron chi connectivity index (χ2n) is 3.66. The first-order chi connectivity index (χ1) is 5.66. The maximum atomic E-state index is 8.37. The van der Waals surface area contributed by atoms with Crippen LogP contribution in [0.3, 0.4) is 0 Å². The van der Waals surface area contributed by atoms with Gasteiger partial charge in [0.1, 0.15) is 0 Å². The number of allylic oxidation sites excluding steroid dienone is 2. The summed E-state index contributed by atoms with van der Waals surface area (Å²) in [4.78, 5) is 0. The van der Waals surface area contributed by atoms with Gasteiger partial charge in [-0.25, -0.2) is 0 Å². The molecule has 1 heteroatoms. The molecule has 68 valence electrons. The molecule has 0 fully saturated rings. The van der Waals surface area contributed by atoms with Crippen LogP contribution in [0, 0.1) is 17.2 Å². The van der Waals surface area contributed by atoms with E-state index in [4.69, 9.17) is 5.26 Å². The highest BCUT2D eigenvalue weighted by molar-refractivity contribution is 4.92. The van der Waals surface area contributed by atoms with Crippen LogP contribution < -0.4 is 0 Å². The molecule has 1 atom stereocenters. The van der Waals surface area contributed by atoms with Crippen LogP contribution in [-0.4, -0.2) is 0 Å². The van der Waals surface area contributed by atoms with Crippen molar-refractivity contribution in [3.8, 4) is 6.07 Å². The molecule has 0 N–H and O–H groups in total. The number of nitriles is 1. The van der Waals surface area contributed by atoms with Crippen molar-refractivity contribution >= 4 is 0 Å². The van der Waals surface area contributed by atoms with Crippen LogP contribution in [0.2, 0.25) is 0 Å². The lowest BCUT2D eigenvalue weighted by Gasteiger charge is -2.06. The third kappa shape index (κ3) is 7.34. The smallest absolute Gasteiger partial charge is 0.0621 e. The summed E-state index contributed by atoms with van der Waals surface area (Å²) >= 11 is 0. The Morgan fingerprint density at radius 2 is 2.08 bits per heavy atom. The first kappa shape index (κ1) is 11.2. The van der Waals surface area contributed by atoms with Crippen molar-refractivity contribution in [3.63, 3.8) is 0 Å². The lowest BCUT2D eigenvalue weighted by molar-refractivity contribution is 0.503. The van der Waals surface area contributed by atoms with Gasteiger partial charge < -0.3 is 0 Å². The number of hydrogen-bond donors (Lipinski definition) is 0. The normalized spacial score (nSPS) is 11.8. The highest BCUT2D eigenvalue weighted by Crippen LogP contribution is 2.12. The zero-order valence-corrected chi connectivity index (χ0v) is 8.43. The molecule has 12 heavy (non-hydrogen) atoms. The quantitative estimate of drug-likeness (QED) is 0.570. The lowest BCUT2D eigenvalue weighted by Crippen LogP contribution is -1.92. The Morgan fingerprint density at radius 1 is 1.42 bits per heavy atom. The molecule has 0 aliphatic carbocycles. The molecule has 0 aliphatic heterocycles. The van der Waals surface area contributed by atoms with Crippen LogP contribution in [-0.2, 0) is 0 Å². The molecule has 0 saturated heterocycles. The minimum absolute atomic E-state index is 0.695. The molecule has 0 bridgehead atoms. The third-order valence-corrected chi connectivity index (χ3v) is 1.96. The van der Waals surface area contributed by atoms with Crippen molar-refractivity contribution in [3.05, 3.63) is 11.6 Å². The van der Waals surface area contributed by atoms with E-state index in [1.54, 1.807) is 0 Å². The van der Waals surface area contributed by atoms with Gasteiger partial charge in [-0.3, -0.25) is 0 Å². The Kier molecular flexibility index (Phi) is 6.47. The van der Waals surface area contributed by atoms with Gasteiger partial charge in [0.2, 0.25) is 0 Å². The minimum atomic E-state index is 0.695. The van der Waals surface area contributed by atoms with E-state index in [1.807, 2.05) is 0 Å². The maximum Gasteiger partial charge on any atom is 0.0621 e. The summed E-state index contributed by atoms with van der Waals surface area (Å²) in [6.45, 7) is 6.47. The zero-order valence-electron chi connectivity index (χ0n) is 8.43. The van der Waals surface area contributed by atoms with Crippen LogP contribution in [0.1, 0.15) is 46.5 Å². The monoisotopic (exact) mass is 165 g/mol. The van der Waals surface area contributed by atoms with E-state index in [9.17, 15) is 0 Å². The van der Waals surface area contributed by atoms with Gasteiger partial charge in [0.05, 0.1) is 6.07 Å². The summed E-state index contributed by atoms with van der Waals surface area (Å²) in [6, 6.07) is 2.18. The third-order valence-electron chi connectivity index (χ3n) is 1.96. The second-order valence-corrected chi connectivity index (χ2v) is 3.66. The van der Waals surface area contributed by atoms with E-state index in [0.29, 0.717) is 12.3 Å². The zero-order chi connectivity index (χ0) is 9.40.